The Morgan fingerprint density at radius 2 is 2.36 bits per heavy atom. The highest BCUT2D eigenvalue weighted by Gasteiger charge is 2.06. The Hall–Kier alpha value is -1.73. The van der Waals surface area contributed by atoms with E-state index in [-0.39, 0.29) is 0 Å². The molecule has 0 bridgehead atoms. The zero-order valence-corrected chi connectivity index (χ0v) is 5.70. The maximum atomic E-state index is 4.71. The van der Waals surface area contributed by atoms with Crippen LogP contribution in [0, 0.1) is 0 Å². The van der Waals surface area contributed by atoms with Crippen LogP contribution in [0.4, 0.5) is 0 Å². The van der Waals surface area contributed by atoms with Crippen LogP contribution in [0.15, 0.2) is 29.9 Å². The Morgan fingerprint density at radius 1 is 1.45 bits per heavy atom. The van der Waals surface area contributed by atoms with Gasteiger partial charge >= 0.3 is 0 Å². The predicted octanol–water partition coefficient (Wildman–Crippen LogP) is 0.111. The summed E-state index contributed by atoms with van der Waals surface area (Å²) < 4.78 is 0. The molecule has 2 rings (SSSR count). The molecular formula is C8H5NO2. The average molecular weight is 147 g/mol. The van der Waals surface area contributed by atoms with Crippen LogP contribution in [0.5, 0.6) is 5.75 Å². The first-order valence-corrected chi connectivity index (χ1v) is 3.12. The van der Waals surface area contributed by atoms with E-state index in [0.29, 0.717) is 11.1 Å². The Balaban J connectivity index is 2.98. The molecule has 0 saturated carbocycles. The van der Waals surface area contributed by atoms with Gasteiger partial charge in [0.25, 0.3) is 0 Å². The number of nitrogens with zero attached hydrogens (tertiary/aromatic N) is 1. The van der Waals surface area contributed by atoms with Crippen molar-refractivity contribution in [3.8, 4) is 5.75 Å². The number of fused-ring (bicyclic) bond motifs is 1. The normalized spacial score (nSPS) is 12.0. The quantitative estimate of drug-likeness (QED) is 0.488. The lowest BCUT2D eigenvalue weighted by Crippen LogP contribution is -2.21. The summed E-state index contributed by atoms with van der Waals surface area (Å²) in [5.74, 6) is 0.610. The van der Waals surface area contributed by atoms with Gasteiger partial charge in [-0.3, -0.25) is 4.89 Å². The number of hydrogen-bond donors (Lipinski definition) is 0. The van der Waals surface area contributed by atoms with Crippen LogP contribution in [-0.2, 0) is 4.99 Å². The summed E-state index contributed by atoms with van der Waals surface area (Å²) in [6.07, 6.45) is 0. The fourth-order valence-electron chi connectivity index (χ4n) is 0.922. The topological polar surface area (TPSA) is 30.8 Å². The molecule has 1 aliphatic rings. The van der Waals surface area contributed by atoms with Gasteiger partial charge < -0.3 is 0 Å². The van der Waals surface area contributed by atoms with Crippen molar-refractivity contribution in [1.82, 2.24) is 0 Å². The van der Waals surface area contributed by atoms with Crippen LogP contribution in [0.2, 0.25) is 0 Å². The van der Waals surface area contributed by atoms with Crippen molar-refractivity contribution in [2.45, 2.75) is 0 Å². The molecule has 0 N–H and O–H groups in total. The van der Waals surface area contributed by atoms with Crippen LogP contribution >= 0.6 is 0 Å². The first kappa shape index (κ1) is 6.01. The lowest BCUT2D eigenvalue weighted by atomic mass is 10.3. The molecule has 0 aliphatic carbocycles. The van der Waals surface area contributed by atoms with Gasteiger partial charge in [0.2, 0.25) is 5.75 Å². The molecule has 0 atom stereocenters. The zero-order chi connectivity index (χ0) is 7.68. The Labute approximate surface area is 62.8 Å². The molecule has 0 unspecified atom stereocenters. The smallest absolute Gasteiger partial charge is 0.211 e. The van der Waals surface area contributed by atoms with Crippen molar-refractivity contribution in [2.75, 3.05) is 0 Å². The third kappa shape index (κ3) is 0.791. The molecule has 0 saturated heterocycles. The molecule has 0 radical (unpaired) electrons. The number of hydrogen-bond acceptors (Lipinski definition) is 3. The molecule has 1 aliphatic heterocycles. The van der Waals surface area contributed by atoms with Crippen LogP contribution in [0.3, 0.4) is 0 Å². The van der Waals surface area contributed by atoms with E-state index >= 15 is 0 Å². The van der Waals surface area contributed by atoms with Gasteiger partial charge in [-0.2, -0.15) is 4.99 Å². The largest absolute Gasteiger partial charge is 0.265 e. The fraction of sp³-hybridized carbons (Fsp3) is 0. The van der Waals surface area contributed by atoms with Crippen molar-refractivity contribution < 1.29 is 9.88 Å². The van der Waals surface area contributed by atoms with Crippen LogP contribution in [-0.4, -0.2) is 0 Å². The van der Waals surface area contributed by atoms with Gasteiger partial charge in [-0.15, -0.1) is 5.73 Å². The van der Waals surface area contributed by atoms with Gasteiger partial charge in [-0.25, -0.2) is 0 Å². The lowest BCUT2D eigenvalue weighted by Gasteiger charge is -1.87. The standard InChI is InChI=1S/C8H5NO2/c1-2-6-4-3-5-7-8(6)9-11-10-7/h3-5H,1H2. The predicted molar refractivity (Wildman–Crippen MR) is 38.0 cm³/mol. The second-order valence-corrected chi connectivity index (χ2v) is 2.08. The van der Waals surface area contributed by atoms with E-state index in [9.17, 15) is 0 Å². The maximum absolute atomic E-state index is 4.71. The van der Waals surface area contributed by atoms with Crippen LogP contribution in [0.1, 0.15) is 0 Å². The molecular weight excluding hydrogens is 142 g/mol. The fourth-order valence-corrected chi connectivity index (χ4v) is 0.922. The Morgan fingerprint density at radius 3 is 3.18 bits per heavy atom. The molecule has 0 spiro atoms. The first-order valence-electron chi connectivity index (χ1n) is 3.12. The van der Waals surface area contributed by atoms with Crippen molar-refractivity contribution in [3.63, 3.8) is 0 Å². The summed E-state index contributed by atoms with van der Waals surface area (Å²) >= 11 is 0. The summed E-state index contributed by atoms with van der Waals surface area (Å²) in [4.78, 5) is 9.12. The average Bonchev–Trinajstić information content (AvgIpc) is 2.50. The molecule has 11 heavy (non-hydrogen) atoms. The monoisotopic (exact) mass is 147 g/mol. The van der Waals surface area contributed by atoms with Crippen molar-refractivity contribution in [2.24, 2.45) is 5.16 Å². The summed E-state index contributed by atoms with van der Waals surface area (Å²) in [6, 6.07) is 5.44. The van der Waals surface area contributed by atoms with Crippen molar-refractivity contribution in [3.05, 3.63) is 35.4 Å². The Bertz CT molecular complexity index is 418. The number of rotatable bonds is 0. The number of benzene rings is 1. The summed E-state index contributed by atoms with van der Waals surface area (Å²) in [5, 5.41) is 5.09. The second-order valence-electron chi connectivity index (χ2n) is 2.08. The molecule has 1 heterocycles. The molecule has 1 aromatic carbocycles. The van der Waals surface area contributed by atoms with E-state index in [0.717, 1.165) is 5.22 Å². The van der Waals surface area contributed by atoms with E-state index in [1.54, 1.807) is 6.07 Å². The summed E-state index contributed by atoms with van der Waals surface area (Å²) in [5.41, 5.74) is 2.72. The Kier molecular flexibility index (Phi) is 1.17. The van der Waals surface area contributed by atoms with Crippen molar-refractivity contribution >= 4 is 5.73 Å². The summed E-state index contributed by atoms with van der Waals surface area (Å²) in [7, 11) is 0. The van der Waals surface area contributed by atoms with Gasteiger partial charge in [0.15, 0.2) is 5.36 Å². The highest BCUT2D eigenvalue weighted by atomic mass is 17.3. The molecule has 3 nitrogen and oxygen atoms in total. The van der Waals surface area contributed by atoms with E-state index in [2.05, 4.69) is 22.5 Å². The van der Waals surface area contributed by atoms with E-state index in [4.69, 9.17) is 4.89 Å². The molecule has 54 valence electrons. The molecule has 0 fully saturated rings. The SMILES string of the molecule is C=C=c1cccc2c1=NOO2. The van der Waals surface area contributed by atoms with Crippen molar-refractivity contribution in [1.29, 1.82) is 0 Å². The third-order valence-electron chi connectivity index (χ3n) is 1.45. The van der Waals surface area contributed by atoms with E-state index in [1.807, 2.05) is 12.1 Å². The zero-order valence-electron chi connectivity index (χ0n) is 5.70. The van der Waals surface area contributed by atoms with Gasteiger partial charge in [-0.05, 0) is 17.3 Å². The van der Waals surface area contributed by atoms with Gasteiger partial charge in [0.1, 0.15) is 0 Å². The van der Waals surface area contributed by atoms with Gasteiger partial charge in [0, 0.05) is 5.22 Å². The van der Waals surface area contributed by atoms with Crippen LogP contribution in [0.25, 0.3) is 5.73 Å². The minimum absolute atomic E-state index is 0.610. The van der Waals surface area contributed by atoms with E-state index in [1.165, 1.54) is 0 Å². The maximum Gasteiger partial charge on any atom is 0.211 e. The third-order valence-corrected chi connectivity index (χ3v) is 1.45. The van der Waals surface area contributed by atoms with E-state index < -0.39 is 0 Å². The van der Waals surface area contributed by atoms with Gasteiger partial charge in [0.05, 0.1) is 0 Å². The minimum Gasteiger partial charge on any atom is -0.265 e. The molecule has 1 aromatic rings. The molecule has 0 aromatic heterocycles. The minimum atomic E-state index is 0.610. The second kappa shape index (κ2) is 2.15. The van der Waals surface area contributed by atoms with Gasteiger partial charge in [-0.1, -0.05) is 12.6 Å². The van der Waals surface area contributed by atoms with Crippen LogP contribution < -0.4 is 15.5 Å². The first-order chi connectivity index (χ1) is 5.42. The lowest BCUT2D eigenvalue weighted by molar-refractivity contribution is -0.194. The molecule has 0 amide bonds. The summed E-state index contributed by atoms with van der Waals surface area (Å²) in [6.45, 7) is 3.51. The highest BCUT2D eigenvalue weighted by molar-refractivity contribution is 5.27. The molecule has 3 heteroatoms. The highest BCUT2D eigenvalue weighted by Crippen LogP contribution is 2.04.